The van der Waals surface area contributed by atoms with Crippen LogP contribution in [0, 0.1) is 0 Å². The van der Waals surface area contributed by atoms with Crippen LogP contribution in [-0.2, 0) is 14.3 Å². The van der Waals surface area contributed by atoms with Gasteiger partial charge in [0.2, 0.25) is 0 Å². The second kappa shape index (κ2) is 2.76. The third-order valence-electron chi connectivity index (χ3n) is 2.34. The highest BCUT2D eigenvalue weighted by Crippen LogP contribution is 2.45. The fraction of sp³-hybridized carbons (Fsp3) is 0.750. The Hall–Kier alpha value is -0.510. The SMILES string of the molecule is O=C1OC2(CCCCC2)SC1=O. The van der Waals surface area contributed by atoms with Crippen LogP contribution in [0.4, 0.5) is 0 Å². The second-order valence-electron chi connectivity index (χ2n) is 3.25. The number of carbonyl (C=O) groups excluding carboxylic acids is 2. The highest BCUT2D eigenvalue weighted by Gasteiger charge is 2.47. The molecule has 1 heterocycles. The van der Waals surface area contributed by atoms with E-state index in [4.69, 9.17) is 4.74 Å². The molecule has 1 saturated carbocycles. The summed E-state index contributed by atoms with van der Waals surface area (Å²) < 4.78 is 5.08. The Morgan fingerprint density at radius 3 is 2.33 bits per heavy atom. The molecule has 0 unspecified atom stereocenters. The van der Waals surface area contributed by atoms with Gasteiger partial charge in [0.05, 0.1) is 0 Å². The lowest BCUT2D eigenvalue weighted by molar-refractivity contribution is -0.154. The Morgan fingerprint density at radius 2 is 1.83 bits per heavy atom. The van der Waals surface area contributed by atoms with Gasteiger partial charge in [-0.25, -0.2) is 4.79 Å². The van der Waals surface area contributed by atoms with Crippen LogP contribution in [0.2, 0.25) is 0 Å². The van der Waals surface area contributed by atoms with Gasteiger partial charge >= 0.3 is 11.1 Å². The average Bonchev–Trinajstić information content (AvgIpc) is 2.29. The zero-order valence-corrected chi connectivity index (χ0v) is 7.49. The largest absolute Gasteiger partial charge is 0.441 e. The first-order valence-electron chi connectivity index (χ1n) is 4.18. The molecule has 3 nitrogen and oxygen atoms in total. The van der Waals surface area contributed by atoms with Gasteiger partial charge in [-0.15, -0.1) is 0 Å². The first-order chi connectivity index (χ1) is 5.72. The molecule has 0 radical (unpaired) electrons. The third kappa shape index (κ3) is 1.24. The van der Waals surface area contributed by atoms with Crippen molar-refractivity contribution in [3.8, 4) is 0 Å². The minimum absolute atomic E-state index is 0.420. The molecule has 0 aromatic rings. The van der Waals surface area contributed by atoms with E-state index in [1.54, 1.807) is 0 Å². The summed E-state index contributed by atoms with van der Waals surface area (Å²) in [5, 5.41) is -0.420. The van der Waals surface area contributed by atoms with E-state index in [1.165, 1.54) is 6.42 Å². The van der Waals surface area contributed by atoms with E-state index in [0.717, 1.165) is 37.4 Å². The minimum atomic E-state index is -0.651. The average molecular weight is 186 g/mol. The number of hydrogen-bond donors (Lipinski definition) is 0. The number of ether oxygens (including phenoxy) is 1. The first kappa shape index (κ1) is 8.10. The molecule has 0 aromatic heterocycles. The Labute approximate surface area is 74.8 Å². The van der Waals surface area contributed by atoms with Crippen LogP contribution in [0.5, 0.6) is 0 Å². The van der Waals surface area contributed by atoms with Gasteiger partial charge in [0.25, 0.3) is 0 Å². The highest BCUT2D eigenvalue weighted by atomic mass is 32.2. The van der Waals surface area contributed by atoms with Crippen LogP contribution in [0.3, 0.4) is 0 Å². The second-order valence-corrected chi connectivity index (χ2v) is 4.57. The first-order valence-corrected chi connectivity index (χ1v) is 5.00. The monoisotopic (exact) mass is 186 g/mol. The molecule has 12 heavy (non-hydrogen) atoms. The maximum atomic E-state index is 10.9. The molecule has 1 aliphatic carbocycles. The van der Waals surface area contributed by atoms with Gasteiger partial charge in [0.1, 0.15) is 0 Å². The van der Waals surface area contributed by atoms with Gasteiger partial charge in [0, 0.05) is 0 Å². The van der Waals surface area contributed by atoms with Crippen LogP contribution in [-0.4, -0.2) is 16.0 Å². The Bertz CT molecular complexity index is 212. The lowest BCUT2D eigenvalue weighted by Gasteiger charge is -2.29. The summed E-state index contributed by atoms with van der Waals surface area (Å²) in [6, 6.07) is 0. The standard InChI is InChI=1S/C8H10O3S/c9-6-7(10)12-8(11-6)4-2-1-3-5-8/h1-5H2. The summed E-state index contributed by atoms with van der Waals surface area (Å²) in [5.74, 6) is -0.651. The van der Waals surface area contributed by atoms with Crippen molar-refractivity contribution in [2.45, 2.75) is 37.0 Å². The van der Waals surface area contributed by atoms with Crippen molar-refractivity contribution in [3.63, 3.8) is 0 Å². The van der Waals surface area contributed by atoms with E-state index in [1.807, 2.05) is 0 Å². The number of carbonyl (C=O) groups is 2. The van der Waals surface area contributed by atoms with Crippen molar-refractivity contribution in [3.05, 3.63) is 0 Å². The molecule has 0 amide bonds. The van der Waals surface area contributed by atoms with Gasteiger partial charge in [-0.1, -0.05) is 6.42 Å². The lowest BCUT2D eigenvalue weighted by Crippen LogP contribution is -2.27. The van der Waals surface area contributed by atoms with Gasteiger partial charge in [-0.05, 0) is 37.4 Å². The number of thioether (sulfide) groups is 1. The van der Waals surface area contributed by atoms with Gasteiger partial charge in [0.15, 0.2) is 4.93 Å². The van der Waals surface area contributed by atoms with Crippen molar-refractivity contribution in [2.75, 3.05) is 0 Å². The van der Waals surface area contributed by atoms with Gasteiger partial charge < -0.3 is 4.74 Å². The number of hydrogen-bond acceptors (Lipinski definition) is 4. The molecule has 0 N–H and O–H groups in total. The smallest absolute Gasteiger partial charge is 0.387 e. The molecular formula is C8H10O3S. The van der Waals surface area contributed by atoms with Crippen LogP contribution in [0.15, 0.2) is 0 Å². The zero-order valence-electron chi connectivity index (χ0n) is 6.67. The number of rotatable bonds is 0. The molecule has 66 valence electrons. The van der Waals surface area contributed by atoms with Crippen molar-refractivity contribution in [1.82, 2.24) is 0 Å². The topological polar surface area (TPSA) is 43.4 Å². The predicted octanol–water partition coefficient (Wildman–Crippen LogP) is 1.46. The normalized spacial score (nSPS) is 27.7. The minimum Gasteiger partial charge on any atom is -0.441 e. The van der Waals surface area contributed by atoms with Crippen LogP contribution in [0.25, 0.3) is 0 Å². The lowest BCUT2D eigenvalue weighted by atomic mass is 9.97. The molecule has 1 aliphatic heterocycles. The molecule has 4 heteroatoms. The molecule has 2 rings (SSSR count). The maximum absolute atomic E-state index is 10.9. The van der Waals surface area contributed by atoms with Gasteiger partial charge in [-0.3, -0.25) is 4.79 Å². The summed E-state index contributed by atoms with van der Waals surface area (Å²) in [5.41, 5.74) is 0. The quantitative estimate of drug-likeness (QED) is 0.424. The Kier molecular flexibility index (Phi) is 1.87. The fourth-order valence-corrected chi connectivity index (χ4v) is 2.81. The molecule has 1 saturated heterocycles. The van der Waals surface area contributed by atoms with E-state index in [9.17, 15) is 9.59 Å². The zero-order chi connectivity index (χ0) is 8.60. The van der Waals surface area contributed by atoms with E-state index in [-0.39, 0.29) is 0 Å². The molecule has 0 atom stereocenters. The number of esters is 1. The summed E-state index contributed by atoms with van der Waals surface area (Å²) in [7, 11) is 0. The predicted molar refractivity (Wildman–Crippen MR) is 44.5 cm³/mol. The van der Waals surface area contributed by atoms with E-state index in [2.05, 4.69) is 0 Å². The van der Waals surface area contributed by atoms with E-state index >= 15 is 0 Å². The van der Waals surface area contributed by atoms with Crippen molar-refractivity contribution < 1.29 is 14.3 Å². The summed E-state index contributed by atoms with van der Waals surface area (Å²) in [6.45, 7) is 0. The molecule has 0 aromatic carbocycles. The van der Waals surface area contributed by atoms with Crippen LogP contribution >= 0.6 is 11.8 Å². The maximum Gasteiger partial charge on any atom is 0.387 e. The highest BCUT2D eigenvalue weighted by molar-refractivity contribution is 8.16. The fourth-order valence-electron chi connectivity index (χ4n) is 1.74. The Balaban J connectivity index is 2.12. The third-order valence-corrected chi connectivity index (χ3v) is 3.56. The molecular weight excluding hydrogens is 176 g/mol. The van der Waals surface area contributed by atoms with Crippen LogP contribution in [0.1, 0.15) is 32.1 Å². The van der Waals surface area contributed by atoms with Crippen molar-refractivity contribution >= 4 is 22.8 Å². The summed E-state index contributed by atoms with van der Waals surface area (Å²) >= 11 is 1.09. The van der Waals surface area contributed by atoms with Crippen LogP contribution < -0.4 is 0 Å². The molecule has 0 bridgehead atoms. The summed E-state index contributed by atoms with van der Waals surface area (Å²) in [6.07, 6.45) is 5.00. The van der Waals surface area contributed by atoms with E-state index in [0.29, 0.717) is 0 Å². The van der Waals surface area contributed by atoms with Crippen molar-refractivity contribution in [1.29, 1.82) is 0 Å². The Morgan fingerprint density at radius 1 is 1.17 bits per heavy atom. The van der Waals surface area contributed by atoms with E-state index < -0.39 is 16.0 Å². The molecule has 1 spiro atoms. The van der Waals surface area contributed by atoms with Gasteiger partial charge in [-0.2, -0.15) is 0 Å². The molecule has 2 fully saturated rings. The summed E-state index contributed by atoms with van der Waals surface area (Å²) in [4.78, 5) is 21.3. The van der Waals surface area contributed by atoms with Crippen molar-refractivity contribution in [2.24, 2.45) is 0 Å². The molecule has 2 aliphatic rings.